The molecule has 3 aromatic carbocycles. The molecule has 0 saturated carbocycles. The zero-order chi connectivity index (χ0) is 16.8. The van der Waals surface area contributed by atoms with Crippen LogP contribution in [0.5, 0.6) is 0 Å². The normalized spacial score (nSPS) is 12.2. The number of aromatic nitrogens is 2. The van der Waals surface area contributed by atoms with Crippen LogP contribution in [0.3, 0.4) is 0 Å². The molecule has 0 aliphatic heterocycles. The van der Waals surface area contributed by atoms with Crippen LogP contribution in [-0.2, 0) is 6.54 Å². The number of hydrogen-bond donors (Lipinski definition) is 2. The lowest BCUT2D eigenvalue weighted by molar-refractivity contribution is 0.104. The molecule has 0 atom stereocenters. The number of hydrogen-bond acceptors (Lipinski definition) is 3. The van der Waals surface area contributed by atoms with Gasteiger partial charge in [-0.3, -0.25) is 9.89 Å². The molecule has 0 fully saturated rings. The van der Waals surface area contributed by atoms with Gasteiger partial charge in [-0.25, -0.2) is 0 Å². The molecule has 1 aliphatic carbocycles. The number of benzene rings is 3. The Morgan fingerprint density at radius 3 is 2.56 bits per heavy atom. The summed E-state index contributed by atoms with van der Waals surface area (Å²) in [6, 6.07) is 21.8. The van der Waals surface area contributed by atoms with Gasteiger partial charge < -0.3 is 5.32 Å². The van der Waals surface area contributed by atoms with E-state index in [1.165, 1.54) is 5.56 Å². The van der Waals surface area contributed by atoms with Crippen LogP contribution in [0.15, 0.2) is 66.7 Å². The Labute approximate surface area is 144 Å². The van der Waals surface area contributed by atoms with E-state index in [1.807, 2.05) is 54.6 Å². The molecule has 0 radical (unpaired) electrons. The molecule has 0 unspecified atom stereocenters. The first-order chi connectivity index (χ1) is 12.3. The van der Waals surface area contributed by atoms with Gasteiger partial charge >= 0.3 is 0 Å². The van der Waals surface area contributed by atoms with E-state index in [0.717, 1.165) is 27.8 Å². The number of fused-ring (bicyclic) bond motifs is 2. The van der Waals surface area contributed by atoms with E-state index >= 15 is 0 Å². The van der Waals surface area contributed by atoms with E-state index in [1.54, 1.807) is 0 Å². The summed E-state index contributed by atoms with van der Waals surface area (Å²) in [6.45, 7) is 0.669. The summed E-state index contributed by atoms with van der Waals surface area (Å²) >= 11 is 0. The number of rotatable bonds is 3. The molecule has 0 spiro atoms. The van der Waals surface area contributed by atoms with Crippen molar-refractivity contribution in [2.75, 3.05) is 5.32 Å². The van der Waals surface area contributed by atoms with E-state index in [9.17, 15) is 4.79 Å². The van der Waals surface area contributed by atoms with Crippen molar-refractivity contribution in [1.82, 2.24) is 10.2 Å². The van der Waals surface area contributed by atoms with Gasteiger partial charge in [0.05, 0.1) is 11.1 Å². The molecule has 1 aromatic heterocycles. The first-order valence-electron chi connectivity index (χ1n) is 8.26. The Kier molecular flexibility index (Phi) is 2.97. The number of carbonyl (C=O) groups excluding carboxylic acids is 1. The summed E-state index contributed by atoms with van der Waals surface area (Å²) in [6.07, 6.45) is 0. The minimum absolute atomic E-state index is 0.0469. The monoisotopic (exact) mass is 325 g/mol. The van der Waals surface area contributed by atoms with E-state index in [4.69, 9.17) is 0 Å². The van der Waals surface area contributed by atoms with Gasteiger partial charge in [0.1, 0.15) is 5.69 Å². The van der Waals surface area contributed by atoms with Crippen LogP contribution >= 0.6 is 0 Å². The molecule has 4 heteroatoms. The van der Waals surface area contributed by atoms with Crippen molar-refractivity contribution < 1.29 is 4.79 Å². The average molecular weight is 325 g/mol. The van der Waals surface area contributed by atoms with Gasteiger partial charge in [-0.15, -0.1) is 0 Å². The van der Waals surface area contributed by atoms with Crippen molar-refractivity contribution in [2.45, 2.75) is 6.54 Å². The van der Waals surface area contributed by atoms with Gasteiger partial charge in [0.15, 0.2) is 5.78 Å². The summed E-state index contributed by atoms with van der Waals surface area (Å²) in [4.78, 5) is 13.1. The molecule has 120 valence electrons. The van der Waals surface area contributed by atoms with Gasteiger partial charge in [-0.1, -0.05) is 54.6 Å². The summed E-state index contributed by atoms with van der Waals surface area (Å²) in [5.41, 5.74) is 6.06. The van der Waals surface area contributed by atoms with Crippen LogP contribution in [0.2, 0.25) is 0 Å². The highest BCUT2D eigenvalue weighted by atomic mass is 16.1. The predicted molar refractivity (Wildman–Crippen MR) is 98.7 cm³/mol. The average Bonchev–Trinajstić information content (AvgIpc) is 3.10. The number of H-pyrrole nitrogens is 1. The molecule has 4 nitrogen and oxygen atoms in total. The SMILES string of the molecule is O=C1c2c(NCc3ccccc3)cccc2-c2n[nH]c3cccc1c23. The van der Waals surface area contributed by atoms with Crippen LogP contribution < -0.4 is 5.32 Å². The maximum Gasteiger partial charge on any atom is 0.196 e. The Balaban J connectivity index is 1.63. The quantitative estimate of drug-likeness (QED) is 0.517. The molecule has 0 bridgehead atoms. The topological polar surface area (TPSA) is 57.8 Å². The highest BCUT2D eigenvalue weighted by Crippen LogP contribution is 2.40. The lowest BCUT2D eigenvalue weighted by atomic mass is 9.86. The summed E-state index contributed by atoms with van der Waals surface area (Å²) < 4.78 is 0. The molecule has 2 N–H and O–H groups in total. The molecular weight excluding hydrogens is 310 g/mol. The van der Waals surface area contributed by atoms with Crippen LogP contribution in [0.1, 0.15) is 21.5 Å². The van der Waals surface area contributed by atoms with E-state index in [2.05, 4.69) is 27.6 Å². The van der Waals surface area contributed by atoms with E-state index < -0.39 is 0 Å². The summed E-state index contributed by atoms with van der Waals surface area (Å²) in [7, 11) is 0. The largest absolute Gasteiger partial charge is 0.380 e. The minimum Gasteiger partial charge on any atom is -0.380 e. The highest BCUT2D eigenvalue weighted by Gasteiger charge is 2.29. The summed E-state index contributed by atoms with van der Waals surface area (Å²) in [5.74, 6) is 0.0469. The Bertz CT molecular complexity index is 1110. The minimum atomic E-state index is 0.0469. The lowest BCUT2D eigenvalue weighted by Gasteiger charge is -2.19. The third-order valence-electron chi connectivity index (χ3n) is 4.71. The standard InChI is InChI=1S/C21H15N3O/c25-21-15-9-5-11-17-18(15)20(24-23-17)14-8-4-10-16(19(14)21)22-12-13-6-2-1-3-7-13/h1-11,22H,12H2,(H,23,24). The van der Waals surface area contributed by atoms with Gasteiger partial charge in [0, 0.05) is 28.7 Å². The highest BCUT2D eigenvalue weighted by molar-refractivity contribution is 6.27. The number of nitrogens with one attached hydrogen (secondary N) is 2. The zero-order valence-corrected chi connectivity index (χ0v) is 13.4. The third kappa shape index (κ3) is 2.08. The number of aromatic amines is 1. The first kappa shape index (κ1) is 14.0. The van der Waals surface area contributed by atoms with E-state index in [-0.39, 0.29) is 5.78 Å². The van der Waals surface area contributed by atoms with Crippen LogP contribution in [0, 0.1) is 0 Å². The smallest absolute Gasteiger partial charge is 0.196 e. The fourth-order valence-electron chi connectivity index (χ4n) is 3.53. The Morgan fingerprint density at radius 1 is 0.880 bits per heavy atom. The fraction of sp³-hybridized carbons (Fsp3) is 0.0476. The zero-order valence-electron chi connectivity index (χ0n) is 13.4. The van der Waals surface area contributed by atoms with Gasteiger partial charge in [0.2, 0.25) is 0 Å². The first-order valence-corrected chi connectivity index (χ1v) is 8.26. The van der Waals surface area contributed by atoms with Gasteiger partial charge in [-0.05, 0) is 17.7 Å². The maximum absolute atomic E-state index is 13.1. The summed E-state index contributed by atoms with van der Waals surface area (Å²) in [5, 5.41) is 11.8. The molecule has 0 saturated heterocycles. The van der Waals surface area contributed by atoms with Crippen LogP contribution in [0.4, 0.5) is 5.69 Å². The van der Waals surface area contributed by atoms with Crippen LogP contribution in [0.25, 0.3) is 22.2 Å². The molecule has 25 heavy (non-hydrogen) atoms. The molecule has 0 amide bonds. The second kappa shape index (κ2) is 5.31. The predicted octanol–water partition coefficient (Wildman–Crippen LogP) is 4.39. The number of ketones is 1. The second-order valence-electron chi connectivity index (χ2n) is 6.20. The second-order valence-corrected chi connectivity index (χ2v) is 6.20. The molecular formula is C21H15N3O. The molecule has 1 heterocycles. The number of carbonyl (C=O) groups is 1. The molecule has 1 aliphatic rings. The lowest BCUT2D eigenvalue weighted by Crippen LogP contribution is -2.13. The van der Waals surface area contributed by atoms with Gasteiger partial charge in [-0.2, -0.15) is 5.10 Å². The van der Waals surface area contributed by atoms with Crippen molar-refractivity contribution >= 4 is 22.4 Å². The molecule has 5 rings (SSSR count). The molecule has 4 aromatic rings. The number of nitrogens with zero attached hydrogens (tertiary/aromatic N) is 1. The van der Waals surface area contributed by atoms with E-state index in [0.29, 0.717) is 17.7 Å². The van der Waals surface area contributed by atoms with Gasteiger partial charge in [0.25, 0.3) is 0 Å². The number of anilines is 1. The fourth-order valence-corrected chi connectivity index (χ4v) is 3.53. The van der Waals surface area contributed by atoms with Crippen molar-refractivity contribution in [3.63, 3.8) is 0 Å². The van der Waals surface area contributed by atoms with Crippen molar-refractivity contribution in [3.05, 3.63) is 83.4 Å². The third-order valence-corrected chi connectivity index (χ3v) is 4.71. The van der Waals surface area contributed by atoms with Crippen molar-refractivity contribution in [1.29, 1.82) is 0 Å². The van der Waals surface area contributed by atoms with Crippen LogP contribution in [-0.4, -0.2) is 16.0 Å². The Morgan fingerprint density at radius 2 is 1.68 bits per heavy atom. The van der Waals surface area contributed by atoms with Crippen molar-refractivity contribution in [2.24, 2.45) is 0 Å². The maximum atomic E-state index is 13.1. The Hall–Kier alpha value is -3.40. The van der Waals surface area contributed by atoms with Crippen molar-refractivity contribution in [3.8, 4) is 11.3 Å².